The molecule has 2 saturated heterocycles. The molecule has 0 saturated carbocycles. The first-order chi connectivity index (χ1) is 13.6. The Labute approximate surface area is 165 Å². The van der Waals surface area contributed by atoms with Crippen LogP contribution in [-0.2, 0) is 20.5 Å². The molecule has 0 atom stereocenters. The summed E-state index contributed by atoms with van der Waals surface area (Å²) in [5.74, 6) is 1.78. The Kier molecular flexibility index (Phi) is 5.74. The van der Waals surface area contributed by atoms with Crippen LogP contribution in [-0.4, -0.2) is 75.2 Å². The fourth-order valence-electron chi connectivity index (χ4n) is 3.55. The Balaban J connectivity index is 1.39. The minimum atomic E-state index is -3.32. The lowest BCUT2D eigenvalue weighted by atomic mass is 10.2. The number of piperazine rings is 1. The third-order valence-electron chi connectivity index (χ3n) is 5.12. The van der Waals surface area contributed by atoms with Crippen LogP contribution in [0.25, 0.3) is 0 Å². The maximum Gasteiger partial charge on any atom is 0.218 e. The highest BCUT2D eigenvalue weighted by atomic mass is 32.2. The van der Waals surface area contributed by atoms with Gasteiger partial charge in [0.25, 0.3) is 0 Å². The first kappa shape index (κ1) is 19.1. The molecule has 0 aliphatic carbocycles. The predicted molar refractivity (Wildman–Crippen MR) is 108 cm³/mol. The summed E-state index contributed by atoms with van der Waals surface area (Å²) in [6.07, 6.45) is 1.58. The van der Waals surface area contributed by atoms with Crippen LogP contribution in [0, 0.1) is 0 Å². The van der Waals surface area contributed by atoms with Gasteiger partial charge in [-0.1, -0.05) is 30.3 Å². The molecule has 1 aromatic carbocycles. The fourth-order valence-corrected chi connectivity index (χ4v) is 5.06. The molecule has 0 unspecified atom stereocenters. The number of nitrogens with zero attached hydrogens (tertiary/aromatic N) is 5. The predicted octanol–water partition coefficient (Wildman–Crippen LogP) is 0.965. The smallest absolute Gasteiger partial charge is 0.218 e. The Bertz CT molecular complexity index is 879. The van der Waals surface area contributed by atoms with Crippen LogP contribution >= 0.6 is 0 Å². The molecule has 2 aliphatic heterocycles. The Morgan fingerprint density at radius 3 is 2.11 bits per heavy atom. The first-order valence-electron chi connectivity index (χ1n) is 9.53. The van der Waals surface area contributed by atoms with Crippen molar-refractivity contribution in [3.8, 4) is 0 Å². The number of rotatable bonds is 5. The highest BCUT2D eigenvalue weighted by Crippen LogP contribution is 2.21. The van der Waals surface area contributed by atoms with E-state index in [1.807, 2.05) is 36.4 Å². The van der Waals surface area contributed by atoms with E-state index in [9.17, 15) is 8.42 Å². The zero-order valence-corrected chi connectivity index (χ0v) is 16.6. The van der Waals surface area contributed by atoms with Crippen molar-refractivity contribution >= 4 is 21.7 Å². The quantitative estimate of drug-likeness (QED) is 0.736. The summed E-state index contributed by atoms with van der Waals surface area (Å²) in [7, 11) is -3.32. The van der Waals surface area contributed by atoms with Crippen LogP contribution in [0.3, 0.4) is 0 Å². The molecule has 8 nitrogen and oxygen atoms in total. The van der Waals surface area contributed by atoms with Gasteiger partial charge in [-0.15, -0.1) is 0 Å². The zero-order valence-electron chi connectivity index (χ0n) is 15.8. The number of morpholine rings is 1. The summed E-state index contributed by atoms with van der Waals surface area (Å²) in [5.41, 5.74) is 0.816. The van der Waals surface area contributed by atoms with Gasteiger partial charge in [-0.3, -0.25) is 0 Å². The Hall–Kier alpha value is -2.23. The molecule has 2 aliphatic rings. The molecular formula is C19H25N5O3S. The molecule has 0 bridgehead atoms. The molecule has 1 aromatic heterocycles. The van der Waals surface area contributed by atoms with Crippen LogP contribution < -0.4 is 9.80 Å². The molecule has 3 heterocycles. The van der Waals surface area contributed by atoms with E-state index in [1.54, 1.807) is 10.6 Å². The minimum Gasteiger partial charge on any atom is -0.378 e. The standard InChI is InChI=1S/C19H25N5O3S/c25-28(26,15-17-4-2-1-3-5-17)24-8-6-22(7-9-24)18-14-19(21-16-20-18)23-10-12-27-13-11-23/h1-5,14,16H,6-13,15H2. The molecule has 4 rings (SSSR count). The zero-order chi connectivity index (χ0) is 19.4. The molecule has 0 radical (unpaired) electrons. The number of hydrogen-bond donors (Lipinski definition) is 0. The van der Waals surface area contributed by atoms with Crippen LogP contribution in [0.1, 0.15) is 5.56 Å². The molecular weight excluding hydrogens is 378 g/mol. The molecule has 150 valence electrons. The van der Waals surface area contributed by atoms with Gasteiger partial charge in [0, 0.05) is 45.3 Å². The average molecular weight is 404 g/mol. The highest BCUT2D eigenvalue weighted by molar-refractivity contribution is 7.88. The van der Waals surface area contributed by atoms with Gasteiger partial charge in [-0.05, 0) is 5.56 Å². The number of sulfonamides is 1. The van der Waals surface area contributed by atoms with Crippen molar-refractivity contribution in [1.82, 2.24) is 14.3 Å². The van der Waals surface area contributed by atoms with Crippen molar-refractivity contribution in [2.75, 3.05) is 62.3 Å². The second kappa shape index (κ2) is 8.42. The second-order valence-corrected chi connectivity index (χ2v) is 8.93. The average Bonchev–Trinajstić information content (AvgIpc) is 2.75. The summed E-state index contributed by atoms with van der Waals surface area (Å²) in [6.45, 7) is 5.22. The van der Waals surface area contributed by atoms with E-state index < -0.39 is 10.0 Å². The van der Waals surface area contributed by atoms with Crippen LogP contribution in [0.4, 0.5) is 11.6 Å². The van der Waals surface area contributed by atoms with Gasteiger partial charge in [0.15, 0.2) is 0 Å². The van der Waals surface area contributed by atoms with Gasteiger partial charge >= 0.3 is 0 Å². The van der Waals surface area contributed by atoms with Gasteiger partial charge in [0.1, 0.15) is 18.0 Å². The van der Waals surface area contributed by atoms with Crippen molar-refractivity contribution in [3.05, 3.63) is 48.3 Å². The van der Waals surface area contributed by atoms with E-state index in [-0.39, 0.29) is 5.75 Å². The summed E-state index contributed by atoms with van der Waals surface area (Å²) in [6, 6.07) is 11.3. The lowest BCUT2D eigenvalue weighted by Crippen LogP contribution is -2.49. The maximum atomic E-state index is 12.7. The Morgan fingerprint density at radius 2 is 1.46 bits per heavy atom. The second-order valence-electron chi connectivity index (χ2n) is 6.96. The van der Waals surface area contributed by atoms with Crippen molar-refractivity contribution < 1.29 is 13.2 Å². The van der Waals surface area contributed by atoms with Crippen molar-refractivity contribution in [3.63, 3.8) is 0 Å². The minimum absolute atomic E-state index is 0.0442. The molecule has 9 heteroatoms. The lowest BCUT2D eigenvalue weighted by Gasteiger charge is -2.35. The van der Waals surface area contributed by atoms with Crippen LogP contribution in [0.15, 0.2) is 42.7 Å². The number of anilines is 2. The normalized spacial score (nSPS) is 19.0. The van der Waals surface area contributed by atoms with Crippen molar-refractivity contribution in [2.24, 2.45) is 0 Å². The molecule has 28 heavy (non-hydrogen) atoms. The van der Waals surface area contributed by atoms with Gasteiger partial charge in [0.05, 0.1) is 19.0 Å². The monoisotopic (exact) mass is 403 g/mol. The van der Waals surface area contributed by atoms with Crippen molar-refractivity contribution in [1.29, 1.82) is 0 Å². The third kappa shape index (κ3) is 4.43. The van der Waals surface area contributed by atoms with E-state index in [2.05, 4.69) is 19.8 Å². The fraction of sp³-hybridized carbons (Fsp3) is 0.474. The summed E-state index contributed by atoms with van der Waals surface area (Å²) < 4.78 is 32.4. The van der Waals surface area contributed by atoms with Crippen LogP contribution in [0.5, 0.6) is 0 Å². The third-order valence-corrected chi connectivity index (χ3v) is 6.97. The molecule has 0 spiro atoms. The van der Waals surface area contributed by atoms with Crippen molar-refractivity contribution in [2.45, 2.75) is 5.75 Å². The van der Waals surface area contributed by atoms with E-state index in [4.69, 9.17) is 4.74 Å². The van der Waals surface area contributed by atoms with Gasteiger partial charge < -0.3 is 14.5 Å². The van der Waals surface area contributed by atoms with Gasteiger partial charge in [-0.2, -0.15) is 4.31 Å². The topological polar surface area (TPSA) is 78.9 Å². The maximum absolute atomic E-state index is 12.7. The molecule has 0 amide bonds. The Morgan fingerprint density at radius 1 is 0.857 bits per heavy atom. The number of ether oxygens (including phenoxy) is 1. The SMILES string of the molecule is O=S(=O)(Cc1ccccc1)N1CCN(c2cc(N3CCOCC3)ncn2)CC1. The summed E-state index contributed by atoms with van der Waals surface area (Å²) in [5, 5.41) is 0. The number of benzene rings is 1. The van der Waals surface area contributed by atoms with E-state index >= 15 is 0 Å². The summed E-state index contributed by atoms with van der Waals surface area (Å²) in [4.78, 5) is 13.1. The van der Waals surface area contributed by atoms with E-state index in [0.29, 0.717) is 39.4 Å². The van der Waals surface area contributed by atoms with Gasteiger partial charge in [-0.25, -0.2) is 18.4 Å². The van der Waals surface area contributed by atoms with Gasteiger partial charge in [0.2, 0.25) is 10.0 Å². The lowest BCUT2D eigenvalue weighted by molar-refractivity contribution is 0.122. The van der Waals surface area contributed by atoms with Crippen LogP contribution in [0.2, 0.25) is 0 Å². The summed E-state index contributed by atoms with van der Waals surface area (Å²) >= 11 is 0. The number of aromatic nitrogens is 2. The van der Waals surface area contributed by atoms with E-state index in [0.717, 1.165) is 30.3 Å². The first-order valence-corrected chi connectivity index (χ1v) is 11.1. The molecule has 2 fully saturated rings. The highest BCUT2D eigenvalue weighted by Gasteiger charge is 2.28. The molecule has 0 N–H and O–H groups in total. The molecule has 2 aromatic rings. The largest absolute Gasteiger partial charge is 0.378 e. The number of hydrogen-bond acceptors (Lipinski definition) is 7. The van der Waals surface area contributed by atoms with E-state index in [1.165, 1.54) is 0 Å².